The van der Waals surface area contributed by atoms with Crippen LogP contribution in [0.25, 0.3) is 0 Å². The standard InChI is InChI=1S/C15H21NO3/c1-14(2)13(15(14,3)4)16-12(18)9-7-6-8-10(19-5)11(9)17/h6-8,13,17H,1-5H3,(H,16,18). The number of amides is 1. The minimum Gasteiger partial charge on any atom is -0.504 e. The first kappa shape index (κ1) is 13.7. The van der Waals surface area contributed by atoms with E-state index in [0.717, 1.165) is 0 Å². The number of phenols is 1. The number of hydrogen-bond donors (Lipinski definition) is 2. The minimum atomic E-state index is -0.264. The fourth-order valence-electron chi connectivity index (χ4n) is 2.64. The second kappa shape index (κ2) is 4.15. The van der Waals surface area contributed by atoms with Gasteiger partial charge in [-0.25, -0.2) is 0 Å². The van der Waals surface area contributed by atoms with Gasteiger partial charge in [-0.3, -0.25) is 4.79 Å². The first-order chi connectivity index (χ1) is 8.73. The van der Waals surface area contributed by atoms with Gasteiger partial charge in [0, 0.05) is 6.04 Å². The van der Waals surface area contributed by atoms with E-state index in [1.54, 1.807) is 18.2 Å². The van der Waals surface area contributed by atoms with Crippen LogP contribution >= 0.6 is 0 Å². The van der Waals surface area contributed by atoms with Gasteiger partial charge in [0.2, 0.25) is 0 Å². The van der Waals surface area contributed by atoms with Gasteiger partial charge in [0.05, 0.1) is 12.7 Å². The number of para-hydroxylation sites is 1. The summed E-state index contributed by atoms with van der Waals surface area (Å²) >= 11 is 0. The predicted molar refractivity (Wildman–Crippen MR) is 73.5 cm³/mol. The van der Waals surface area contributed by atoms with Crippen molar-refractivity contribution in [1.82, 2.24) is 5.32 Å². The first-order valence-electron chi connectivity index (χ1n) is 6.40. The van der Waals surface area contributed by atoms with E-state index >= 15 is 0 Å². The zero-order valence-electron chi connectivity index (χ0n) is 12.1. The molecule has 1 fully saturated rings. The molecule has 0 spiro atoms. The molecule has 1 amide bonds. The topological polar surface area (TPSA) is 58.6 Å². The Kier molecular flexibility index (Phi) is 3.00. The van der Waals surface area contributed by atoms with Crippen molar-refractivity contribution >= 4 is 5.91 Å². The highest BCUT2D eigenvalue weighted by Gasteiger charge is 2.65. The van der Waals surface area contributed by atoms with Crippen LogP contribution < -0.4 is 10.1 Å². The van der Waals surface area contributed by atoms with Crippen LogP contribution in [0.2, 0.25) is 0 Å². The van der Waals surface area contributed by atoms with Gasteiger partial charge in [0.25, 0.3) is 5.91 Å². The van der Waals surface area contributed by atoms with Crippen LogP contribution in [0, 0.1) is 10.8 Å². The number of carbonyl (C=O) groups excluding carboxylic acids is 1. The van der Waals surface area contributed by atoms with Gasteiger partial charge < -0.3 is 15.2 Å². The molecule has 0 bridgehead atoms. The summed E-state index contributed by atoms with van der Waals surface area (Å²) in [4.78, 5) is 12.2. The van der Waals surface area contributed by atoms with E-state index < -0.39 is 0 Å². The highest BCUT2D eigenvalue weighted by Crippen LogP contribution is 2.62. The average Bonchev–Trinajstić information content (AvgIpc) is 2.72. The van der Waals surface area contributed by atoms with Gasteiger partial charge in [0.15, 0.2) is 11.5 Å². The van der Waals surface area contributed by atoms with Crippen molar-refractivity contribution in [2.24, 2.45) is 10.8 Å². The number of methoxy groups -OCH3 is 1. The zero-order valence-corrected chi connectivity index (χ0v) is 12.1. The van der Waals surface area contributed by atoms with Crippen LogP contribution in [0.4, 0.5) is 0 Å². The molecule has 104 valence electrons. The Morgan fingerprint density at radius 2 is 1.84 bits per heavy atom. The van der Waals surface area contributed by atoms with Crippen molar-refractivity contribution in [1.29, 1.82) is 0 Å². The van der Waals surface area contributed by atoms with Crippen LogP contribution in [0.5, 0.6) is 11.5 Å². The Bertz CT molecular complexity index is 506. The Balaban J connectivity index is 2.19. The summed E-state index contributed by atoms with van der Waals surface area (Å²) in [5.74, 6) is -0.0687. The molecule has 1 aliphatic carbocycles. The minimum absolute atomic E-state index is 0.0666. The normalized spacial score (nSPS) is 19.8. The van der Waals surface area contributed by atoms with Gasteiger partial charge >= 0.3 is 0 Å². The highest BCUT2D eigenvalue weighted by molar-refractivity contribution is 5.98. The second-order valence-corrected chi connectivity index (χ2v) is 6.21. The molecule has 4 heteroatoms. The summed E-state index contributed by atoms with van der Waals surface area (Å²) in [5.41, 5.74) is 0.381. The molecular formula is C15H21NO3. The smallest absolute Gasteiger partial charge is 0.255 e. The SMILES string of the molecule is COc1cccc(C(=O)NC2C(C)(C)C2(C)C)c1O. The Labute approximate surface area is 113 Å². The number of benzene rings is 1. The van der Waals surface area contributed by atoms with E-state index in [1.807, 2.05) is 0 Å². The number of phenolic OH excluding ortho intramolecular Hbond substituents is 1. The van der Waals surface area contributed by atoms with E-state index in [2.05, 4.69) is 33.0 Å². The van der Waals surface area contributed by atoms with Gasteiger partial charge in [-0.2, -0.15) is 0 Å². The molecule has 0 aliphatic heterocycles. The number of aromatic hydroxyl groups is 1. The molecule has 1 saturated carbocycles. The maximum Gasteiger partial charge on any atom is 0.255 e. The Morgan fingerprint density at radius 3 is 2.32 bits per heavy atom. The fraction of sp³-hybridized carbons (Fsp3) is 0.533. The van der Waals surface area contributed by atoms with E-state index in [1.165, 1.54) is 7.11 Å². The Hall–Kier alpha value is -1.71. The summed E-state index contributed by atoms with van der Waals surface area (Å²) in [6.45, 7) is 8.51. The summed E-state index contributed by atoms with van der Waals surface area (Å²) in [5, 5.41) is 13.0. The van der Waals surface area contributed by atoms with Crippen molar-refractivity contribution in [2.45, 2.75) is 33.7 Å². The molecule has 4 nitrogen and oxygen atoms in total. The maximum absolute atomic E-state index is 12.2. The summed E-state index contributed by atoms with van der Waals surface area (Å²) in [6, 6.07) is 5.02. The Morgan fingerprint density at radius 1 is 1.26 bits per heavy atom. The van der Waals surface area contributed by atoms with Crippen molar-refractivity contribution in [3.05, 3.63) is 23.8 Å². The lowest BCUT2D eigenvalue weighted by Gasteiger charge is -2.10. The van der Waals surface area contributed by atoms with Crippen molar-refractivity contribution in [3.63, 3.8) is 0 Å². The van der Waals surface area contributed by atoms with Gasteiger partial charge in [-0.05, 0) is 23.0 Å². The predicted octanol–water partition coefficient (Wildman–Crippen LogP) is 2.57. The monoisotopic (exact) mass is 263 g/mol. The van der Waals surface area contributed by atoms with Crippen LogP contribution in [-0.2, 0) is 0 Å². The third kappa shape index (κ3) is 1.95. The van der Waals surface area contributed by atoms with Crippen molar-refractivity contribution < 1.29 is 14.6 Å². The molecule has 1 aromatic rings. The summed E-state index contributed by atoms with van der Waals surface area (Å²) in [6.07, 6.45) is 0. The second-order valence-electron chi connectivity index (χ2n) is 6.21. The number of rotatable bonds is 3. The van der Waals surface area contributed by atoms with E-state index in [0.29, 0.717) is 5.75 Å². The summed E-state index contributed by atoms with van der Waals surface area (Å²) < 4.78 is 5.01. The lowest BCUT2D eigenvalue weighted by atomic mass is 10.0. The molecule has 0 aromatic heterocycles. The quantitative estimate of drug-likeness (QED) is 0.881. The molecule has 2 N–H and O–H groups in total. The lowest BCUT2D eigenvalue weighted by molar-refractivity contribution is 0.0940. The highest BCUT2D eigenvalue weighted by atomic mass is 16.5. The molecule has 0 unspecified atom stereocenters. The first-order valence-corrected chi connectivity index (χ1v) is 6.40. The molecule has 2 rings (SSSR count). The molecular weight excluding hydrogens is 242 g/mol. The van der Waals surface area contributed by atoms with Crippen LogP contribution in [0.1, 0.15) is 38.1 Å². The van der Waals surface area contributed by atoms with Crippen molar-refractivity contribution in [3.8, 4) is 11.5 Å². The molecule has 1 aromatic carbocycles. The van der Waals surface area contributed by atoms with E-state index in [-0.39, 0.29) is 34.1 Å². The molecule has 0 radical (unpaired) electrons. The van der Waals surface area contributed by atoms with Crippen LogP contribution in [-0.4, -0.2) is 24.2 Å². The van der Waals surface area contributed by atoms with E-state index in [4.69, 9.17) is 4.74 Å². The fourth-order valence-corrected chi connectivity index (χ4v) is 2.64. The number of carbonyl (C=O) groups is 1. The lowest BCUT2D eigenvalue weighted by Crippen LogP contribution is -2.29. The molecule has 0 atom stereocenters. The average molecular weight is 263 g/mol. The zero-order chi connectivity index (χ0) is 14.4. The third-order valence-electron chi connectivity index (χ3n) is 4.76. The van der Waals surface area contributed by atoms with Crippen LogP contribution in [0.15, 0.2) is 18.2 Å². The van der Waals surface area contributed by atoms with Gasteiger partial charge in [-0.15, -0.1) is 0 Å². The van der Waals surface area contributed by atoms with E-state index in [9.17, 15) is 9.90 Å². The third-order valence-corrected chi connectivity index (χ3v) is 4.76. The van der Waals surface area contributed by atoms with Crippen molar-refractivity contribution in [2.75, 3.05) is 7.11 Å². The van der Waals surface area contributed by atoms with Gasteiger partial charge in [-0.1, -0.05) is 33.8 Å². The molecule has 1 aliphatic rings. The molecule has 0 heterocycles. The number of nitrogens with one attached hydrogen (secondary N) is 1. The maximum atomic E-state index is 12.2. The number of hydrogen-bond acceptors (Lipinski definition) is 3. The summed E-state index contributed by atoms with van der Waals surface area (Å²) in [7, 11) is 1.46. The van der Waals surface area contributed by atoms with Gasteiger partial charge in [0.1, 0.15) is 0 Å². The largest absolute Gasteiger partial charge is 0.504 e. The number of ether oxygens (including phenoxy) is 1. The van der Waals surface area contributed by atoms with Crippen LogP contribution in [0.3, 0.4) is 0 Å². The molecule has 19 heavy (non-hydrogen) atoms. The molecule has 0 saturated heterocycles.